The van der Waals surface area contributed by atoms with Crippen molar-refractivity contribution in [1.29, 1.82) is 0 Å². The molecule has 0 aromatic carbocycles. The van der Waals surface area contributed by atoms with E-state index in [1.807, 2.05) is 6.92 Å². The Morgan fingerprint density at radius 1 is 1.58 bits per heavy atom. The predicted octanol–water partition coefficient (Wildman–Crippen LogP) is 1.43. The third-order valence-corrected chi connectivity index (χ3v) is 3.64. The molecule has 1 fully saturated rings. The number of amides is 1. The third kappa shape index (κ3) is 3.49. The molecule has 0 unspecified atom stereocenters. The minimum absolute atomic E-state index is 0.214. The number of nitrogens with one attached hydrogen (secondary N) is 1. The van der Waals surface area contributed by atoms with Gasteiger partial charge in [0.05, 0.1) is 10.6 Å². The van der Waals surface area contributed by atoms with Crippen molar-refractivity contribution in [1.82, 2.24) is 9.88 Å². The van der Waals surface area contributed by atoms with Gasteiger partial charge in [0.1, 0.15) is 5.69 Å². The highest BCUT2D eigenvalue weighted by Gasteiger charge is 2.30. The van der Waals surface area contributed by atoms with Crippen LogP contribution < -0.4 is 5.32 Å². The average molecular weight is 287 g/mol. The highest BCUT2D eigenvalue weighted by Crippen LogP contribution is 2.20. The Hall–Kier alpha value is -1.04. The summed E-state index contributed by atoms with van der Waals surface area (Å²) in [5, 5.41) is 13.6. The van der Waals surface area contributed by atoms with Gasteiger partial charge in [0.2, 0.25) is 0 Å². The largest absolute Gasteiger partial charge is 0.388 e. The van der Waals surface area contributed by atoms with E-state index in [2.05, 4.69) is 5.32 Å². The van der Waals surface area contributed by atoms with Crippen LogP contribution in [0, 0.1) is 0 Å². The van der Waals surface area contributed by atoms with E-state index in [9.17, 15) is 9.90 Å². The number of carbonyl (C=O) groups excluding carboxylic acids is 1. The van der Waals surface area contributed by atoms with Crippen molar-refractivity contribution < 1.29 is 14.6 Å². The molecule has 1 saturated heterocycles. The van der Waals surface area contributed by atoms with Gasteiger partial charge in [-0.1, -0.05) is 11.6 Å². The number of nitrogens with zero attached hydrogens (tertiary/aromatic N) is 1. The summed E-state index contributed by atoms with van der Waals surface area (Å²) in [6, 6.07) is 1.63. The molecule has 2 rings (SSSR count). The molecule has 106 valence electrons. The lowest BCUT2D eigenvalue weighted by molar-refractivity contribution is -0.0605. The van der Waals surface area contributed by atoms with Crippen LogP contribution in [0.15, 0.2) is 12.3 Å². The number of halogens is 1. The number of aliphatic hydroxyl groups is 1. The number of aromatic nitrogens is 1. The van der Waals surface area contributed by atoms with E-state index in [1.54, 1.807) is 16.8 Å². The van der Waals surface area contributed by atoms with Gasteiger partial charge in [0.25, 0.3) is 5.91 Å². The lowest BCUT2D eigenvalue weighted by Gasteiger charge is -2.32. The second-order valence-electron chi connectivity index (χ2n) is 4.85. The van der Waals surface area contributed by atoms with Crippen molar-refractivity contribution >= 4 is 17.5 Å². The monoisotopic (exact) mass is 286 g/mol. The smallest absolute Gasteiger partial charge is 0.268 e. The molecular weight excluding hydrogens is 268 g/mol. The Kier molecular flexibility index (Phi) is 4.50. The maximum atomic E-state index is 12.1. The number of ether oxygens (including phenoxy) is 1. The molecule has 0 atom stereocenters. The van der Waals surface area contributed by atoms with Gasteiger partial charge in [-0.3, -0.25) is 4.79 Å². The fourth-order valence-corrected chi connectivity index (χ4v) is 2.41. The Balaban J connectivity index is 1.97. The number of rotatable bonds is 4. The van der Waals surface area contributed by atoms with Gasteiger partial charge in [0, 0.05) is 45.3 Å². The van der Waals surface area contributed by atoms with E-state index in [0.29, 0.717) is 43.3 Å². The van der Waals surface area contributed by atoms with Crippen LogP contribution in [0.2, 0.25) is 5.02 Å². The molecule has 5 nitrogen and oxygen atoms in total. The lowest BCUT2D eigenvalue weighted by Crippen LogP contribution is -2.46. The van der Waals surface area contributed by atoms with Crippen LogP contribution >= 0.6 is 11.6 Å². The maximum absolute atomic E-state index is 12.1. The number of carbonyl (C=O) groups is 1. The zero-order chi connectivity index (χ0) is 13.9. The molecule has 1 aliphatic rings. The molecule has 1 aromatic heterocycles. The Morgan fingerprint density at radius 2 is 2.26 bits per heavy atom. The molecular formula is C13H19ClN2O3. The fraction of sp³-hybridized carbons (Fsp3) is 0.615. The molecule has 0 bridgehead atoms. The van der Waals surface area contributed by atoms with Crippen LogP contribution in [-0.2, 0) is 11.3 Å². The molecule has 0 radical (unpaired) electrons. The third-order valence-electron chi connectivity index (χ3n) is 3.44. The van der Waals surface area contributed by atoms with Gasteiger partial charge < -0.3 is 19.7 Å². The first-order valence-corrected chi connectivity index (χ1v) is 6.86. The van der Waals surface area contributed by atoms with Crippen LogP contribution in [0.25, 0.3) is 0 Å². The van der Waals surface area contributed by atoms with Crippen molar-refractivity contribution in [2.75, 3.05) is 19.8 Å². The number of aryl methyl sites for hydroxylation is 1. The summed E-state index contributed by atoms with van der Waals surface area (Å²) in [4.78, 5) is 12.1. The van der Waals surface area contributed by atoms with Crippen molar-refractivity contribution in [3.05, 3.63) is 23.0 Å². The van der Waals surface area contributed by atoms with Gasteiger partial charge in [-0.05, 0) is 13.0 Å². The van der Waals surface area contributed by atoms with Gasteiger partial charge in [-0.25, -0.2) is 0 Å². The summed E-state index contributed by atoms with van der Waals surface area (Å²) in [6.45, 7) is 3.92. The standard InChI is InChI=1S/C13H19ClN2O3/c1-2-16-8-10(14)7-11(16)12(17)15-9-13(18)3-5-19-6-4-13/h7-8,18H,2-6,9H2,1H3,(H,15,17). The minimum Gasteiger partial charge on any atom is -0.388 e. The van der Waals surface area contributed by atoms with Crippen LogP contribution in [0.3, 0.4) is 0 Å². The van der Waals surface area contributed by atoms with E-state index < -0.39 is 5.60 Å². The Bertz CT molecular complexity index is 453. The van der Waals surface area contributed by atoms with Crippen LogP contribution in [-0.4, -0.2) is 40.9 Å². The van der Waals surface area contributed by atoms with Crippen molar-refractivity contribution in [3.63, 3.8) is 0 Å². The molecule has 1 aromatic rings. The van der Waals surface area contributed by atoms with Crippen LogP contribution in [0.1, 0.15) is 30.3 Å². The molecule has 2 N–H and O–H groups in total. The molecule has 2 heterocycles. The molecule has 0 spiro atoms. The lowest BCUT2D eigenvalue weighted by atomic mass is 9.94. The van der Waals surface area contributed by atoms with Crippen LogP contribution in [0.5, 0.6) is 0 Å². The quantitative estimate of drug-likeness (QED) is 0.880. The SMILES string of the molecule is CCn1cc(Cl)cc1C(=O)NCC1(O)CCOCC1. The van der Waals surface area contributed by atoms with Gasteiger partial charge in [0.15, 0.2) is 0 Å². The second-order valence-corrected chi connectivity index (χ2v) is 5.29. The molecule has 1 aliphatic heterocycles. The maximum Gasteiger partial charge on any atom is 0.268 e. The van der Waals surface area contributed by atoms with E-state index in [4.69, 9.17) is 16.3 Å². The Morgan fingerprint density at radius 3 is 2.89 bits per heavy atom. The highest BCUT2D eigenvalue weighted by molar-refractivity contribution is 6.31. The van der Waals surface area contributed by atoms with Gasteiger partial charge in [-0.2, -0.15) is 0 Å². The predicted molar refractivity (Wildman–Crippen MR) is 72.5 cm³/mol. The van der Waals surface area contributed by atoms with Gasteiger partial charge in [-0.15, -0.1) is 0 Å². The van der Waals surface area contributed by atoms with Crippen molar-refractivity contribution in [2.24, 2.45) is 0 Å². The summed E-state index contributed by atoms with van der Waals surface area (Å²) in [5.41, 5.74) is -0.343. The van der Waals surface area contributed by atoms with E-state index >= 15 is 0 Å². The van der Waals surface area contributed by atoms with Crippen molar-refractivity contribution in [2.45, 2.75) is 31.9 Å². The van der Waals surface area contributed by atoms with E-state index in [0.717, 1.165) is 0 Å². The first-order chi connectivity index (χ1) is 9.04. The van der Waals surface area contributed by atoms with Crippen LogP contribution in [0.4, 0.5) is 0 Å². The highest BCUT2D eigenvalue weighted by atomic mass is 35.5. The van der Waals surface area contributed by atoms with Gasteiger partial charge >= 0.3 is 0 Å². The first-order valence-electron chi connectivity index (χ1n) is 6.48. The normalized spacial score (nSPS) is 18.3. The number of hydrogen-bond donors (Lipinski definition) is 2. The zero-order valence-corrected chi connectivity index (χ0v) is 11.7. The first kappa shape index (κ1) is 14.4. The van der Waals surface area contributed by atoms with E-state index in [1.165, 1.54) is 0 Å². The molecule has 0 saturated carbocycles. The van der Waals surface area contributed by atoms with E-state index in [-0.39, 0.29) is 12.5 Å². The summed E-state index contributed by atoms with van der Waals surface area (Å²) < 4.78 is 6.99. The molecule has 0 aliphatic carbocycles. The molecule has 1 amide bonds. The molecule has 6 heteroatoms. The zero-order valence-electron chi connectivity index (χ0n) is 11.0. The number of hydrogen-bond acceptors (Lipinski definition) is 3. The average Bonchev–Trinajstić information content (AvgIpc) is 2.78. The topological polar surface area (TPSA) is 63.5 Å². The molecule has 19 heavy (non-hydrogen) atoms. The second kappa shape index (κ2) is 5.94. The summed E-state index contributed by atoms with van der Waals surface area (Å²) in [5.74, 6) is -0.214. The van der Waals surface area contributed by atoms with Crippen molar-refractivity contribution in [3.8, 4) is 0 Å². The minimum atomic E-state index is -0.860. The summed E-state index contributed by atoms with van der Waals surface area (Å²) in [6.07, 6.45) is 2.81. The fourth-order valence-electron chi connectivity index (χ4n) is 2.19. The Labute approximate surface area is 117 Å². The summed E-state index contributed by atoms with van der Waals surface area (Å²) >= 11 is 5.90. The summed E-state index contributed by atoms with van der Waals surface area (Å²) in [7, 11) is 0.